The van der Waals surface area contributed by atoms with Gasteiger partial charge in [0.2, 0.25) is 6.41 Å². The lowest BCUT2D eigenvalue weighted by Crippen LogP contribution is -2.23. The first kappa shape index (κ1) is 23.4. The van der Waals surface area contributed by atoms with E-state index in [0.717, 1.165) is 28.7 Å². The maximum absolute atomic E-state index is 13.6. The second-order valence-corrected chi connectivity index (χ2v) is 8.36. The van der Waals surface area contributed by atoms with Crippen LogP contribution in [0.2, 0.25) is 5.02 Å². The first-order chi connectivity index (χ1) is 16.5. The molecule has 2 aromatic heterocycles. The van der Waals surface area contributed by atoms with E-state index in [9.17, 15) is 9.18 Å². The molecular formula is C27H24ClFN4O. The van der Waals surface area contributed by atoms with Crippen LogP contribution in [-0.2, 0) is 17.8 Å². The highest BCUT2D eigenvalue weighted by Gasteiger charge is 2.16. The molecule has 7 heteroatoms. The number of rotatable bonds is 9. The van der Waals surface area contributed by atoms with Crippen LogP contribution in [0.1, 0.15) is 16.7 Å². The third kappa shape index (κ3) is 5.77. The fourth-order valence-electron chi connectivity index (χ4n) is 3.68. The SMILES string of the molecule is Cc1ccc(-c2ccc(N(C=O)Cc3cccnc3)c(NCCc3cccc(F)c3)n2)c(Cl)c1. The number of aromatic nitrogens is 2. The lowest BCUT2D eigenvalue weighted by atomic mass is 10.1. The lowest BCUT2D eigenvalue weighted by Gasteiger charge is -2.22. The molecule has 0 unspecified atom stereocenters. The Morgan fingerprint density at radius 2 is 1.91 bits per heavy atom. The van der Waals surface area contributed by atoms with Gasteiger partial charge in [-0.25, -0.2) is 9.37 Å². The van der Waals surface area contributed by atoms with Crippen LogP contribution in [0.3, 0.4) is 0 Å². The van der Waals surface area contributed by atoms with Gasteiger partial charge in [-0.1, -0.05) is 41.9 Å². The predicted octanol–water partition coefficient (Wildman–Crippen LogP) is 6.06. The molecule has 172 valence electrons. The summed E-state index contributed by atoms with van der Waals surface area (Å²) in [5.41, 5.74) is 4.94. The van der Waals surface area contributed by atoms with Crippen molar-refractivity contribution in [3.63, 3.8) is 0 Å². The number of pyridine rings is 2. The number of halogens is 2. The number of hydrogen-bond acceptors (Lipinski definition) is 4. The van der Waals surface area contributed by atoms with Gasteiger partial charge in [0.25, 0.3) is 0 Å². The second kappa shape index (κ2) is 10.9. The molecule has 1 amide bonds. The van der Waals surface area contributed by atoms with Crippen LogP contribution in [0.25, 0.3) is 11.3 Å². The summed E-state index contributed by atoms with van der Waals surface area (Å²) >= 11 is 6.48. The summed E-state index contributed by atoms with van der Waals surface area (Å²) in [6.07, 6.45) is 4.79. The third-order valence-electron chi connectivity index (χ3n) is 5.38. The van der Waals surface area contributed by atoms with Crippen molar-refractivity contribution in [3.8, 4) is 11.3 Å². The van der Waals surface area contributed by atoms with Crippen LogP contribution in [-0.4, -0.2) is 22.9 Å². The molecule has 2 heterocycles. The van der Waals surface area contributed by atoms with Gasteiger partial charge < -0.3 is 10.2 Å². The molecule has 0 spiro atoms. The van der Waals surface area contributed by atoms with Gasteiger partial charge in [-0.05, 0) is 66.4 Å². The third-order valence-corrected chi connectivity index (χ3v) is 5.69. The fraction of sp³-hybridized carbons (Fsp3) is 0.148. The molecule has 0 bridgehead atoms. The van der Waals surface area contributed by atoms with Gasteiger partial charge in [-0.3, -0.25) is 9.78 Å². The van der Waals surface area contributed by atoms with Crippen LogP contribution in [0.15, 0.2) is 79.1 Å². The lowest BCUT2D eigenvalue weighted by molar-refractivity contribution is -0.107. The van der Waals surface area contributed by atoms with Gasteiger partial charge in [-0.2, -0.15) is 0 Å². The van der Waals surface area contributed by atoms with Crippen LogP contribution in [0.5, 0.6) is 0 Å². The van der Waals surface area contributed by atoms with E-state index in [1.54, 1.807) is 23.4 Å². The zero-order valence-corrected chi connectivity index (χ0v) is 19.5. The number of nitrogens with zero attached hydrogens (tertiary/aromatic N) is 3. The number of carbonyl (C=O) groups excluding carboxylic acids is 1. The van der Waals surface area contributed by atoms with Gasteiger partial charge in [0.15, 0.2) is 5.82 Å². The second-order valence-electron chi connectivity index (χ2n) is 7.95. The topological polar surface area (TPSA) is 58.1 Å². The van der Waals surface area contributed by atoms with Gasteiger partial charge in [0.05, 0.1) is 22.9 Å². The van der Waals surface area contributed by atoms with Crippen LogP contribution in [0, 0.1) is 12.7 Å². The largest absolute Gasteiger partial charge is 0.368 e. The van der Waals surface area contributed by atoms with E-state index in [4.69, 9.17) is 16.6 Å². The number of hydrogen-bond donors (Lipinski definition) is 1. The van der Waals surface area contributed by atoms with E-state index in [1.807, 2.05) is 55.5 Å². The van der Waals surface area contributed by atoms with Gasteiger partial charge >= 0.3 is 0 Å². The van der Waals surface area contributed by atoms with Gasteiger partial charge in [0.1, 0.15) is 5.82 Å². The molecule has 0 radical (unpaired) electrons. The number of carbonyl (C=O) groups is 1. The Labute approximate surface area is 203 Å². The quantitative estimate of drug-likeness (QED) is 0.299. The minimum absolute atomic E-state index is 0.268. The molecule has 0 fully saturated rings. The van der Waals surface area contributed by atoms with E-state index in [0.29, 0.717) is 41.7 Å². The number of amides is 1. The first-order valence-corrected chi connectivity index (χ1v) is 11.3. The summed E-state index contributed by atoms with van der Waals surface area (Å²) in [5.74, 6) is 0.275. The summed E-state index contributed by atoms with van der Waals surface area (Å²) in [5, 5.41) is 3.94. The summed E-state index contributed by atoms with van der Waals surface area (Å²) in [4.78, 5) is 22.5. The average Bonchev–Trinajstić information content (AvgIpc) is 2.83. The van der Waals surface area contributed by atoms with Crippen LogP contribution >= 0.6 is 11.6 Å². The highest BCUT2D eigenvalue weighted by molar-refractivity contribution is 6.33. The molecule has 1 N–H and O–H groups in total. The van der Waals surface area contributed by atoms with Crippen molar-refractivity contribution in [1.29, 1.82) is 0 Å². The van der Waals surface area contributed by atoms with Crippen molar-refractivity contribution < 1.29 is 9.18 Å². The van der Waals surface area contributed by atoms with Crippen molar-refractivity contribution >= 4 is 29.5 Å². The smallest absolute Gasteiger partial charge is 0.214 e. The number of anilines is 2. The Morgan fingerprint density at radius 1 is 1.06 bits per heavy atom. The summed E-state index contributed by atoms with van der Waals surface area (Å²) in [6.45, 7) is 2.84. The normalized spacial score (nSPS) is 10.7. The van der Waals surface area contributed by atoms with Gasteiger partial charge in [0, 0.05) is 24.5 Å². The number of benzene rings is 2. The Bertz CT molecular complexity index is 1280. The number of aryl methyl sites for hydroxylation is 1. The summed E-state index contributed by atoms with van der Waals surface area (Å²) in [7, 11) is 0. The van der Waals surface area contributed by atoms with Gasteiger partial charge in [-0.15, -0.1) is 0 Å². The van der Waals surface area contributed by atoms with Crippen LogP contribution < -0.4 is 10.2 Å². The maximum Gasteiger partial charge on any atom is 0.214 e. The van der Waals surface area contributed by atoms with E-state index in [1.165, 1.54) is 12.1 Å². The maximum atomic E-state index is 13.6. The molecule has 0 aliphatic carbocycles. The molecular weight excluding hydrogens is 451 g/mol. The number of nitrogens with one attached hydrogen (secondary N) is 1. The zero-order chi connectivity index (χ0) is 23.9. The van der Waals surface area contributed by atoms with Crippen molar-refractivity contribution in [2.45, 2.75) is 19.9 Å². The minimum atomic E-state index is -0.268. The Hall–Kier alpha value is -3.77. The van der Waals surface area contributed by atoms with Crippen molar-refractivity contribution in [1.82, 2.24) is 9.97 Å². The molecule has 0 atom stereocenters. The predicted molar refractivity (Wildman–Crippen MR) is 134 cm³/mol. The van der Waals surface area contributed by atoms with E-state index in [-0.39, 0.29) is 5.82 Å². The Balaban J connectivity index is 1.65. The van der Waals surface area contributed by atoms with Crippen molar-refractivity contribution in [3.05, 3.63) is 107 Å². The van der Waals surface area contributed by atoms with Crippen molar-refractivity contribution in [2.75, 3.05) is 16.8 Å². The van der Waals surface area contributed by atoms with E-state index < -0.39 is 0 Å². The molecule has 0 aliphatic rings. The minimum Gasteiger partial charge on any atom is -0.368 e. The molecule has 2 aromatic carbocycles. The molecule has 0 aliphatic heterocycles. The van der Waals surface area contributed by atoms with Crippen molar-refractivity contribution in [2.24, 2.45) is 0 Å². The Kier molecular flexibility index (Phi) is 7.50. The monoisotopic (exact) mass is 474 g/mol. The fourth-order valence-corrected chi connectivity index (χ4v) is 4.01. The average molecular weight is 475 g/mol. The van der Waals surface area contributed by atoms with E-state index in [2.05, 4.69) is 10.3 Å². The zero-order valence-electron chi connectivity index (χ0n) is 18.7. The molecule has 0 saturated heterocycles. The van der Waals surface area contributed by atoms with Crippen LogP contribution in [0.4, 0.5) is 15.9 Å². The molecule has 4 rings (SSSR count). The molecule has 34 heavy (non-hydrogen) atoms. The summed E-state index contributed by atoms with van der Waals surface area (Å²) < 4.78 is 13.6. The molecule has 0 saturated carbocycles. The standard InChI is InChI=1S/C27H24ClFN4O/c1-19-7-8-23(24(28)14-19)25-9-10-26(33(18-34)17-21-5-3-12-30-16-21)27(32-25)31-13-11-20-4-2-6-22(29)15-20/h2-10,12,14-16,18H,11,13,17H2,1H3,(H,31,32). The first-order valence-electron chi connectivity index (χ1n) is 10.9. The highest BCUT2D eigenvalue weighted by Crippen LogP contribution is 2.32. The Morgan fingerprint density at radius 3 is 2.65 bits per heavy atom. The molecule has 5 nitrogen and oxygen atoms in total. The van der Waals surface area contributed by atoms with E-state index >= 15 is 0 Å². The molecule has 4 aromatic rings. The summed E-state index contributed by atoms with van der Waals surface area (Å²) in [6, 6.07) is 19.8. The highest BCUT2D eigenvalue weighted by atomic mass is 35.5.